The molecule has 34 heavy (non-hydrogen) atoms. The third-order valence-electron chi connectivity index (χ3n) is 5.65. The van der Waals surface area contributed by atoms with Gasteiger partial charge in [0.25, 0.3) is 5.91 Å². The molecule has 0 fully saturated rings. The van der Waals surface area contributed by atoms with Crippen LogP contribution in [0.25, 0.3) is 10.5 Å². The van der Waals surface area contributed by atoms with Gasteiger partial charge in [-0.05, 0) is 59.9 Å². The summed E-state index contributed by atoms with van der Waals surface area (Å²) in [6.45, 7) is 13.3. The van der Waals surface area contributed by atoms with E-state index in [-0.39, 0.29) is 5.91 Å². The summed E-state index contributed by atoms with van der Waals surface area (Å²) in [6.07, 6.45) is -0.804. The van der Waals surface area contributed by atoms with Gasteiger partial charge < -0.3 is 10.4 Å². The fourth-order valence-electron chi connectivity index (χ4n) is 3.79. The maximum atomic E-state index is 13.1. The summed E-state index contributed by atoms with van der Waals surface area (Å²) in [6, 6.07) is 23.8. The summed E-state index contributed by atoms with van der Waals surface area (Å²) in [5, 5.41) is 18.2. The normalized spacial score (nSPS) is 11.8. The van der Waals surface area contributed by atoms with Crippen molar-refractivity contribution < 1.29 is 9.90 Å². The van der Waals surface area contributed by atoms with Gasteiger partial charge in [-0.3, -0.25) is 4.79 Å². The van der Waals surface area contributed by atoms with E-state index in [9.17, 15) is 9.90 Å². The Hall–Kier alpha value is -4.21. The number of anilines is 1. The van der Waals surface area contributed by atoms with Gasteiger partial charge in [0.1, 0.15) is 11.8 Å². The first-order chi connectivity index (χ1) is 16.4. The molecule has 0 bridgehead atoms. The lowest BCUT2D eigenvalue weighted by molar-refractivity contribution is 0.101. The summed E-state index contributed by atoms with van der Waals surface area (Å²) < 4.78 is 1.54. The average molecular weight is 451 g/mol. The van der Waals surface area contributed by atoms with Crippen LogP contribution in [0.5, 0.6) is 0 Å². The zero-order valence-electron chi connectivity index (χ0n) is 19.4. The van der Waals surface area contributed by atoms with E-state index in [1.54, 1.807) is 48.5 Å². The van der Waals surface area contributed by atoms with Gasteiger partial charge in [-0.15, -0.1) is 0 Å². The molecule has 170 valence electrons. The van der Waals surface area contributed by atoms with E-state index >= 15 is 0 Å². The van der Waals surface area contributed by atoms with Gasteiger partial charge in [-0.2, -0.15) is 5.10 Å². The molecule has 1 aromatic heterocycles. The zero-order chi connectivity index (χ0) is 24.2. The van der Waals surface area contributed by atoms with Crippen molar-refractivity contribution in [3.63, 3.8) is 0 Å². The van der Waals surface area contributed by atoms with E-state index in [1.165, 1.54) is 10.2 Å². The molecule has 1 atom stereocenters. The Kier molecular flexibility index (Phi) is 6.58. The molecule has 3 aromatic carbocycles. The Morgan fingerprint density at radius 2 is 1.68 bits per heavy atom. The summed E-state index contributed by atoms with van der Waals surface area (Å²) in [5.74, 6) is 0.0902. The molecule has 6 heteroatoms. The largest absolute Gasteiger partial charge is 0.384 e. The number of aryl methyl sites for hydroxylation is 1. The van der Waals surface area contributed by atoms with E-state index in [0.29, 0.717) is 39.9 Å². The minimum atomic E-state index is -0.804. The van der Waals surface area contributed by atoms with Crippen LogP contribution in [-0.4, -0.2) is 20.8 Å². The third kappa shape index (κ3) is 4.90. The highest BCUT2D eigenvalue weighted by Gasteiger charge is 2.17. The molecule has 1 unspecified atom stereocenters. The summed E-state index contributed by atoms with van der Waals surface area (Å²) in [4.78, 5) is 16.6. The first-order valence-electron chi connectivity index (χ1n) is 11.1. The number of carbonyl (C=O) groups excluding carboxylic acids is 1. The van der Waals surface area contributed by atoms with Crippen molar-refractivity contribution in [1.29, 1.82) is 0 Å². The second-order valence-corrected chi connectivity index (χ2v) is 8.52. The topological polar surface area (TPSA) is 71.5 Å². The second-order valence-electron chi connectivity index (χ2n) is 8.52. The summed E-state index contributed by atoms with van der Waals surface area (Å²) >= 11 is 0. The van der Waals surface area contributed by atoms with Crippen LogP contribution >= 0.6 is 0 Å². The van der Waals surface area contributed by atoms with E-state index in [4.69, 9.17) is 6.57 Å². The fraction of sp³-hybridized carbons (Fsp3) is 0.179. The summed E-state index contributed by atoms with van der Waals surface area (Å²) in [5.41, 5.74) is 5.42. The number of nitrogens with zero attached hydrogens (tertiary/aromatic N) is 3. The number of nitrogens with one attached hydrogen (secondary N) is 1. The van der Waals surface area contributed by atoms with Gasteiger partial charge in [0.15, 0.2) is 5.69 Å². The van der Waals surface area contributed by atoms with Crippen molar-refractivity contribution in [2.75, 3.05) is 5.32 Å². The van der Waals surface area contributed by atoms with Gasteiger partial charge in [-0.25, -0.2) is 9.53 Å². The maximum absolute atomic E-state index is 13.1. The number of hydrogen-bond donors (Lipinski definition) is 2. The third-order valence-corrected chi connectivity index (χ3v) is 5.65. The molecule has 0 saturated heterocycles. The fourth-order valence-corrected chi connectivity index (χ4v) is 3.79. The van der Waals surface area contributed by atoms with Crippen LogP contribution in [0.15, 0.2) is 78.9 Å². The van der Waals surface area contributed by atoms with Crippen LogP contribution < -0.4 is 5.32 Å². The predicted octanol–water partition coefficient (Wildman–Crippen LogP) is 6.19. The first-order valence-corrected chi connectivity index (χ1v) is 11.1. The van der Waals surface area contributed by atoms with Gasteiger partial charge in [-0.1, -0.05) is 62.4 Å². The molecule has 4 aromatic rings. The Morgan fingerprint density at radius 1 is 0.971 bits per heavy atom. The molecular weight excluding hydrogens is 424 g/mol. The number of hydrogen-bond acceptors (Lipinski definition) is 3. The number of benzene rings is 3. The molecule has 0 aliphatic carbocycles. The van der Waals surface area contributed by atoms with Crippen LogP contribution in [0.3, 0.4) is 0 Å². The number of carbonyl (C=O) groups is 1. The van der Waals surface area contributed by atoms with Gasteiger partial charge in [0.05, 0.1) is 18.0 Å². The SMILES string of the molecule is [C-]#[N+]c1cccc(-n2nc(C)cc2C(=O)Nc2cccc(C(O)c3ccc(C(C)C)cc3)c2)c1. The molecule has 0 saturated carbocycles. The van der Waals surface area contributed by atoms with Crippen LogP contribution in [0.2, 0.25) is 0 Å². The van der Waals surface area contributed by atoms with Crippen LogP contribution in [0, 0.1) is 13.5 Å². The lowest BCUT2D eigenvalue weighted by atomic mass is 9.97. The van der Waals surface area contributed by atoms with Crippen molar-refractivity contribution >= 4 is 17.3 Å². The number of aliphatic hydroxyl groups is 1. The minimum Gasteiger partial charge on any atom is -0.384 e. The highest BCUT2D eigenvalue weighted by molar-refractivity contribution is 6.03. The maximum Gasteiger partial charge on any atom is 0.274 e. The number of amides is 1. The van der Waals surface area contributed by atoms with Crippen molar-refractivity contribution in [1.82, 2.24) is 9.78 Å². The quantitative estimate of drug-likeness (QED) is 0.344. The molecule has 0 spiro atoms. The highest BCUT2D eigenvalue weighted by Crippen LogP contribution is 2.26. The molecule has 0 radical (unpaired) electrons. The lowest BCUT2D eigenvalue weighted by Crippen LogP contribution is -2.17. The van der Waals surface area contributed by atoms with E-state index in [1.807, 2.05) is 37.3 Å². The average Bonchev–Trinajstić information content (AvgIpc) is 3.25. The summed E-state index contributed by atoms with van der Waals surface area (Å²) in [7, 11) is 0. The van der Waals surface area contributed by atoms with Crippen LogP contribution in [0.1, 0.15) is 58.7 Å². The molecule has 1 heterocycles. The van der Waals surface area contributed by atoms with E-state index < -0.39 is 6.10 Å². The van der Waals surface area contributed by atoms with Crippen LogP contribution in [0.4, 0.5) is 11.4 Å². The smallest absolute Gasteiger partial charge is 0.274 e. The van der Waals surface area contributed by atoms with Gasteiger partial charge in [0, 0.05) is 5.69 Å². The standard InChI is InChI=1S/C28H26N4O2/c1-18(2)20-11-13-21(14-12-20)27(33)22-7-5-9-24(16-22)30-28(34)26-15-19(3)31-32(26)25-10-6-8-23(17-25)29-4/h5-18,27,33H,1-3H3,(H,30,34). The number of aliphatic hydroxyl groups excluding tert-OH is 1. The Labute approximate surface area is 199 Å². The molecule has 0 aliphatic heterocycles. The molecule has 4 rings (SSSR count). The minimum absolute atomic E-state index is 0.332. The van der Waals surface area contributed by atoms with Crippen molar-refractivity contribution in [3.05, 3.63) is 118 Å². The number of rotatable bonds is 6. The molecule has 2 N–H and O–H groups in total. The Bertz CT molecular complexity index is 1360. The van der Waals surface area contributed by atoms with Gasteiger partial charge in [0.2, 0.25) is 0 Å². The molecular formula is C28H26N4O2. The van der Waals surface area contributed by atoms with Crippen LogP contribution in [-0.2, 0) is 0 Å². The molecule has 0 aliphatic rings. The van der Waals surface area contributed by atoms with Crippen molar-refractivity contribution in [3.8, 4) is 5.69 Å². The highest BCUT2D eigenvalue weighted by atomic mass is 16.3. The first kappa shape index (κ1) is 23.0. The van der Waals surface area contributed by atoms with E-state index in [0.717, 1.165) is 5.56 Å². The Balaban J connectivity index is 1.57. The molecule has 6 nitrogen and oxygen atoms in total. The monoisotopic (exact) mass is 450 g/mol. The lowest BCUT2D eigenvalue weighted by Gasteiger charge is -2.15. The van der Waals surface area contributed by atoms with Gasteiger partial charge >= 0.3 is 0 Å². The van der Waals surface area contributed by atoms with E-state index in [2.05, 4.69) is 29.1 Å². The zero-order valence-corrected chi connectivity index (χ0v) is 19.4. The second kappa shape index (κ2) is 9.74. The molecule has 1 amide bonds. The van der Waals surface area contributed by atoms with Crippen molar-refractivity contribution in [2.45, 2.75) is 32.8 Å². The van der Waals surface area contributed by atoms with Crippen molar-refractivity contribution in [2.24, 2.45) is 0 Å². The Morgan fingerprint density at radius 3 is 2.38 bits per heavy atom. The predicted molar refractivity (Wildman–Crippen MR) is 134 cm³/mol. The number of aromatic nitrogens is 2.